The highest BCUT2D eigenvalue weighted by Crippen LogP contribution is 2.40. The lowest BCUT2D eigenvalue weighted by atomic mass is 9.81. The Morgan fingerprint density at radius 1 is 1.19 bits per heavy atom. The number of benzene rings is 2. The van der Waals surface area contributed by atoms with Gasteiger partial charge in [0.2, 0.25) is 0 Å². The van der Waals surface area contributed by atoms with Crippen LogP contribution in [0.4, 0.5) is 18.9 Å². The minimum atomic E-state index is -4.26. The van der Waals surface area contributed by atoms with E-state index in [1.807, 2.05) is 30.3 Å². The van der Waals surface area contributed by atoms with Crippen LogP contribution in [0.5, 0.6) is 0 Å². The zero-order valence-electron chi connectivity index (χ0n) is 14.3. The van der Waals surface area contributed by atoms with Crippen LogP contribution in [0.25, 0.3) is 0 Å². The number of carbonyl (C=O) groups is 1. The molecule has 0 radical (unpaired) electrons. The van der Waals surface area contributed by atoms with Crippen molar-refractivity contribution in [1.29, 1.82) is 0 Å². The Morgan fingerprint density at radius 3 is 2.58 bits per heavy atom. The molecule has 6 heteroatoms. The SMILES string of the molecule is CCOC(=O)C1CC(c2ccccc2)c2cc(CC(F)(F)F)ccc2N1. The largest absolute Gasteiger partial charge is 0.464 e. The predicted molar refractivity (Wildman–Crippen MR) is 93.1 cm³/mol. The molecule has 0 aliphatic carbocycles. The van der Waals surface area contributed by atoms with Gasteiger partial charge in [-0.15, -0.1) is 0 Å². The van der Waals surface area contributed by atoms with Crippen molar-refractivity contribution >= 4 is 11.7 Å². The van der Waals surface area contributed by atoms with Gasteiger partial charge in [0.15, 0.2) is 0 Å². The van der Waals surface area contributed by atoms with Gasteiger partial charge in [0.05, 0.1) is 13.0 Å². The number of alkyl halides is 3. The third-order valence-electron chi connectivity index (χ3n) is 4.47. The van der Waals surface area contributed by atoms with E-state index in [9.17, 15) is 18.0 Å². The van der Waals surface area contributed by atoms with Crippen molar-refractivity contribution in [2.24, 2.45) is 0 Å². The van der Waals surface area contributed by atoms with Gasteiger partial charge >= 0.3 is 12.1 Å². The van der Waals surface area contributed by atoms with E-state index < -0.39 is 18.6 Å². The number of nitrogens with one attached hydrogen (secondary N) is 1. The average Bonchev–Trinajstić information content (AvgIpc) is 2.60. The lowest BCUT2D eigenvalue weighted by Gasteiger charge is -2.32. The number of esters is 1. The maximum absolute atomic E-state index is 12.8. The predicted octanol–water partition coefficient (Wildman–Crippen LogP) is 4.67. The Labute approximate surface area is 150 Å². The molecule has 1 aliphatic rings. The highest BCUT2D eigenvalue weighted by Gasteiger charge is 2.34. The minimum absolute atomic E-state index is 0.171. The molecule has 0 saturated heterocycles. The lowest BCUT2D eigenvalue weighted by molar-refractivity contribution is -0.144. The molecule has 3 nitrogen and oxygen atoms in total. The van der Waals surface area contributed by atoms with Crippen LogP contribution in [0.2, 0.25) is 0 Å². The molecule has 2 unspecified atom stereocenters. The van der Waals surface area contributed by atoms with Gasteiger partial charge in [0.25, 0.3) is 0 Å². The van der Waals surface area contributed by atoms with Crippen molar-refractivity contribution in [1.82, 2.24) is 0 Å². The highest BCUT2D eigenvalue weighted by molar-refractivity contribution is 5.81. The van der Waals surface area contributed by atoms with Gasteiger partial charge in [-0.05, 0) is 36.1 Å². The van der Waals surface area contributed by atoms with Crippen LogP contribution in [0.1, 0.15) is 36.0 Å². The molecule has 0 saturated carbocycles. The Balaban J connectivity index is 1.99. The molecule has 1 aliphatic heterocycles. The molecule has 1 N–H and O–H groups in total. The molecule has 1 heterocycles. The van der Waals surface area contributed by atoms with Gasteiger partial charge < -0.3 is 10.1 Å². The topological polar surface area (TPSA) is 38.3 Å². The number of hydrogen-bond donors (Lipinski definition) is 1. The molecule has 0 spiro atoms. The molecule has 2 aromatic carbocycles. The number of carbonyl (C=O) groups excluding carboxylic acids is 1. The van der Waals surface area contributed by atoms with E-state index in [4.69, 9.17) is 4.74 Å². The summed E-state index contributed by atoms with van der Waals surface area (Å²) in [6, 6.07) is 13.7. The van der Waals surface area contributed by atoms with Crippen LogP contribution in [0.3, 0.4) is 0 Å². The first-order valence-electron chi connectivity index (χ1n) is 8.55. The summed E-state index contributed by atoms with van der Waals surface area (Å²) < 4.78 is 43.4. The smallest absolute Gasteiger partial charge is 0.393 e. The molecule has 2 atom stereocenters. The minimum Gasteiger partial charge on any atom is -0.464 e. The van der Waals surface area contributed by atoms with E-state index in [0.717, 1.165) is 11.1 Å². The molecule has 138 valence electrons. The summed E-state index contributed by atoms with van der Waals surface area (Å²) in [4.78, 5) is 12.2. The van der Waals surface area contributed by atoms with Crippen LogP contribution in [0, 0.1) is 0 Å². The second-order valence-electron chi connectivity index (χ2n) is 6.36. The van der Waals surface area contributed by atoms with E-state index in [-0.39, 0.29) is 24.1 Å². The zero-order valence-corrected chi connectivity index (χ0v) is 14.3. The monoisotopic (exact) mass is 363 g/mol. The third-order valence-corrected chi connectivity index (χ3v) is 4.47. The number of halogens is 3. The summed E-state index contributed by atoms with van der Waals surface area (Å²) >= 11 is 0. The Hall–Kier alpha value is -2.50. The van der Waals surface area contributed by atoms with Gasteiger partial charge in [0.1, 0.15) is 6.04 Å². The summed E-state index contributed by atoms with van der Waals surface area (Å²) in [5.41, 5.74) is 2.63. The average molecular weight is 363 g/mol. The fourth-order valence-corrected chi connectivity index (χ4v) is 3.38. The number of hydrogen-bond acceptors (Lipinski definition) is 3. The van der Waals surface area contributed by atoms with Gasteiger partial charge in [-0.25, -0.2) is 4.79 Å². The Morgan fingerprint density at radius 2 is 1.92 bits per heavy atom. The molecular weight excluding hydrogens is 343 g/mol. The molecular formula is C20H20F3NO2. The van der Waals surface area contributed by atoms with Crippen molar-refractivity contribution in [2.45, 2.75) is 37.9 Å². The quantitative estimate of drug-likeness (QED) is 0.802. The lowest BCUT2D eigenvalue weighted by Crippen LogP contribution is -2.37. The molecule has 0 bridgehead atoms. The maximum Gasteiger partial charge on any atom is 0.393 e. The van der Waals surface area contributed by atoms with Crippen LogP contribution < -0.4 is 5.32 Å². The summed E-state index contributed by atoms with van der Waals surface area (Å²) in [5, 5.41) is 3.12. The molecule has 0 amide bonds. The van der Waals surface area contributed by atoms with Crippen molar-refractivity contribution in [3.63, 3.8) is 0 Å². The van der Waals surface area contributed by atoms with E-state index in [1.54, 1.807) is 19.1 Å². The first kappa shape index (κ1) is 18.3. The van der Waals surface area contributed by atoms with Crippen LogP contribution in [-0.4, -0.2) is 24.8 Å². The third kappa shape index (κ3) is 4.18. The van der Waals surface area contributed by atoms with Gasteiger partial charge in [-0.1, -0.05) is 42.5 Å². The summed E-state index contributed by atoms with van der Waals surface area (Å²) in [6.07, 6.45) is -4.79. The fourth-order valence-electron chi connectivity index (χ4n) is 3.38. The van der Waals surface area contributed by atoms with Gasteiger partial charge in [-0.3, -0.25) is 0 Å². The maximum atomic E-state index is 12.8. The first-order valence-corrected chi connectivity index (χ1v) is 8.55. The summed E-state index contributed by atoms with van der Waals surface area (Å²) in [5.74, 6) is -0.520. The van der Waals surface area contributed by atoms with Crippen molar-refractivity contribution < 1.29 is 22.7 Å². The summed E-state index contributed by atoms with van der Waals surface area (Å²) in [7, 11) is 0. The molecule has 0 fully saturated rings. The normalized spacial score (nSPS) is 19.4. The van der Waals surface area contributed by atoms with E-state index in [2.05, 4.69) is 5.32 Å². The molecule has 2 aromatic rings. The first-order chi connectivity index (χ1) is 12.4. The van der Waals surface area contributed by atoms with Gasteiger partial charge in [0, 0.05) is 11.6 Å². The molecule has 26 heavy (non-hydrogen) atoms. The molecule has 3 rings (SSSR count). The Bertz CT molecular complexity index is 774. The fraction of sp³-hybridized carbons (Fsp3) is 0.350. The number of fused-ring (bicyclic) bond motifs is 1. The standard InChI is InChI=1S/C20H20F3NO2/c1-2-26-19(25)18-11-15(14-6-4-3-5-7-14)16-10-13(12-20(21,22)23)8-9-17(16)24-18/h3-10,15,18,24H,2,11-12H2,1H3. The van der Waals surface area contributed by atoms with Crippen LogP contribution >= 0.6 is 0 Å². The van der Waals surface area contributed by atoms with Crippen molar-refractivity contribution in [3.8, 4) is 0 Å². The van der Waals surface area contributed by atoms with E-state index in [1.165, 1.54) is 6.07 Å². The second-order valence-corrected chi connectivity index (χ2v) is 6.36. The zero-order chi connectivity index (χ0) is 18.7. The highest BCUT2D eigenvalue weighted by atomic mass is 19.4. The number of rotatable bonds is 4. The van der Waals surface area contributed by atoms with E-state index >= 15 is 0 Å². The second kappa shape index (κ2) is 7.40. The number of ether oxygens (including phenoxy) is 1. The van der Waals surface area contributed by atoms with Crippen molar-refractivity contribution in [3.05, 3.63) is 65.2 Å². The number of anilines is 1. The van der Waals surface area contributed by atoms with Crippen LogP contribution in [-0.2, 0) is 16.0 Å². The summed E-state index contributed by atoms with van der Waals surface area (Å²) in [6.45, 7) is 2.02. The van der Waals surface area contributed by atoms with Gasteiger partial charge in [-0.2, -0.15) is 13.2 Å². The Kier molecular flexibility index (Phi) is 5.20. The van der Waals surface area contributed by atoms with E-state index in [0.29, 0.717) is 12.1 Å². The van der Waals surface area contributed by atoms with Crippen molar-refractivity contribution in [2.75, 3.05) is 11.9 Å². The molecule has 0 aromatic heterocycles. The van der Waals surface area contributed by atoms with Crippen LogP contribution in [0.15, 0.2) is 48.5 Å².